The van der Waals surface area contributed by atoms with Crippen molar-refractivity contribution < 1.29 is 13.9 Å². The molecular weight excluding hydrogens is 247 g/mol. The molecule has 1 atom stereocenters. The molecule has 0 saturated carbocycles. The van der Waals surface area contributed by atoms with Gasteiger partial charge in [-0.05, 0) is 44.9 Å². The van der Waals surface area contributed by atoms with Gasteiger partial charge in [-0.2, -0.15) is 0 Å². The summed E-state index contributed by atoms with van der Waals surface area (Å²) in [4.78, 5) is 12.3. The highest BCUT2D eigenvalue weighted by atomic mass is 19.1. The molecule has 0 aromatic heterocycles. The lowest BCUT2D eigenvalue weighted by Crippen LogP contribution is -2.54. The monoisotopic (exact) mass is 266 g/mol. The minimum Gasteiger partial charge on any atom is -0.494 e. The van der Waals surface area contributed by atoms with Crippen molar-refractivity contribution in [3.63, 3.8) is 0 Å². The van der Waals surface area contributed by atoms with Gasteiger partial charge in [-0.25, -0.2) is 4.39 Å². The van der Waals surface area contributed by atoms with Gasteiger partial charge in [0.1, 0.15) is 0 Å². The summed E-state index contributed by atoms with van der Waals surface area (Å²) in [5.74, 6) is -0.414. The smallest absolute Gasteiger partial charge is 0.244 e. The van der Waals surface area contributed by atoms with Gasteiger partial charge in [0.2, 0.25) is 5.91 Å². The van der Waals surface area contributed by atoms with E-state index in [0.717, 1.165) is 25.8 Å². The number of carbonyl (C=O) groups excluding carboxylic acids is 1. The lowest BCUT2D eigenvalue weighted by Gasteiger charge is -2.33. The molecule has 1 heterocycles. The van der Waals surface area contributed by atoms with Crippen molar-refractivity contribution in [2.45, 2.75) is 31.7 Å². The molecule has 1 aliphatic rings. The summed E-state index contributed by atoms with van der Waals surface area (Å²) in [6, 6.07) is 4.30. The minimum atomic E-state index is -0.556. The van der Waals surface area contributed by atoms with E-state index in [0.29, 0.717) is 5.69 Å². The molecule has 1 fully saturated rings. The van der Waals surface area contributed by atoms with Crippen molar-refractivity contribution in [1.29, 1.82) is 0 Å². The molecule has 1 aromatic rings. The molecular formula is C14H19FN2O2. The van der Waals surface area contributed by atoms with E-state index in [-0.39, 0.29) is 11.7 Å². The zero-order valence-corrected chi connectivity index (χ0v) is 11.3. The third kappa shape index (κ3) is 3.04. The molecule has 0 bridgehead atoms. The molecule has 1 unspecified atom stereocenters. The lowest BCUT2D eigenvalue weighted by atomic mass is 9.90. The molecule has 104 valence electrons. The maximum Gasteiger partial charge on any atom is 0.244 e. The predicted octanol–water partition coefficient (Wildman–Crippen LogP) is 2.31. The van der Waals surface area contributed by atoms with Gasteiger partial charge in [0.15, 0.2) is 11.6 Å². The van der Waals surface area contributed by atoms with Crippen LogP contribution in [0.25, 0.3) is 0 Å². The molecule has 5 heteroatoms. The first kappa shape index (κ1) is 13.8. The molecule has 1 aromatic carbocycles. The Morgan fingerprint density at radius 1 is 1.47 bits per heavy atom. The van der Waals surface area contributed by atoms with Crippen LogP contribution in [-0.2, 0) is 4.79 Å². The number of hydrogen-bond donors (Lipinski definition) is 2. The van der Waals surface area contributed by atoms with E-state index in [1.54, 1.807) is 0 Å². The first-order valence-electron chi connectivity index (χ1n) is 6.45. The quantitative estimate of drug-likeness (QED) is 0.882. The zero-order chi connectivity index (χ0) is 13.9. The zero-order valence-electron chi connectivity index (χ0n) is 11.3. The Labute approximate surface area is 112 Å². The maximum absolute atomic E-state index is 13.3. The third-order valence-electron chi connectivity index (χ3n) is 3.53. The molecule has 1 amide bonds. The fraction of sp³-hybridized carbons (Fsp3) is 0.500. The van der Waals surface area contributed by atoms with Crippen molar-refractivity contribution >= 4 is 11.6 Å². The van der Waals surface area contributed by atoms with E-state index in [9.17, 15) is 9.18 Å². The van der Waals surface area contributed by atoms with Crippen molar-refractivity contribution in [1.82, 2.24) is 5.32 Å². The van der Waals surface area contributed by atoms with Gasteiger partial charge in [0.05, 0.1) is 12.6 Å². The second kappa shape index (κ2) is 5.57. The number of halogens is 1. The van der Waals surface area contributed by atoms with Crippen LogP contribution >= 0.6 is 0 Å². The van der Waals surface area contributed by atoms with Crippen LogP contribution in [0.5, 0.6) is 5.75 Å². The van der Waals surface area contributed by atoms with Crippen molar-refractivity contribution in [2.24, 2.45) is 0 Å². The van der Waals surface area contributed by atoms with Gasteiger partial charge in [-0.3, -0.25) is 4.79 Å². The highest BCUT2D eigenvalue weighted by Gasteiger charge is 2.34. The minimum absolute atomic E-state index is 0.0964. The normalized spacial score (nSPS) is 22.9. The molecule has 1 saturated heterocycles. The number of amides is 1. The number of carbonyl (C=O) groups is 1. The molecule has 1 aliphatic heterocycles. The second-order valence-corrected chi connectivity index (χ2v) is 5.02. The number of methoxy groups -OCH3 is 1. The molecule has 0 spiro atoms. The highest BCUT2D eigenvalue weighted by molar-refractivity contribution is 5.98. The largest absolute Gasteiger partial charge is 0.494 e. The standard InChI is InChI=1S/C14H19FN2O2/c1-14(7-3-4-8-16-14)13(18)17-10-5-6-11(15)12(9-10)19-2/h5-6,9,16H,3-4,7-8H2,1-2H3,(H,17,18). The Kier molecular flexibility index (Phi) is 4.04. The maximum atomic E-state index is 13.3. The van der Waals surface area contributed by atoms with Crippen LogP contribution in [0.4, 0.5) is 10.1 Å². The summed E-state index contributed by atoms with van der Waals surface area (Å²) in [6.45, 7) is 2.74. The molecule has 4 nitrogen and oxygen atoms in total. The Morgan fingerprint density at radius 3 is 2.89 bits per heavy atom. The van der Waals surface area contributed by atoms with Crippen LogP contribution in [-0.4, -0.2) is 25.1 Å². The van der Waals surface area contributed by atoms with Crippen LogP contribution in [0.2, 0.25) is 0 Å². The topological polar surface area (TPSA) is 50.4 Å². The van der Waals surface area contributed by atoms with Crippen molar-refractivity contribution in [2.75, 3.05) is 19.0 Å². The number of anilines is 1. The van der Waals surface area contributed by atoms with E-state index in [4.69, 9.17) is 4.74 Å². The molecule has 0 aliphatic carbocycles. The number of ether oxygens (including phenoxy) is 1. The third-order valence-corrected chi connectivity index (χ3v) is 3.53. The summed E-state index contributed by atoms with van der Waals surface area (Å²) >= 11 is 0. The molecule has 19 heavy (non-hydrogen) atoms. The van der Waals surface area contributed by atoms with Gasteiger partial charge >= 0.3 is 0 Å². The van der Waals surface area contributed by atoms with Gasteiger partial charge in [-0.15, -0.1) is 0 Å². The first-order valence-corrected chi connectivity index (χ1v) is 6.45. The number of hydrogen-bond acceptors (Lipinski definition) is 3. The SMILES string of the molecule is COc1cc(NC(=O)C2(C)CCCCN2)ccc1F. The summed E-state index contributed by atoms with van der Waals surface area (Å²) in [5, 5.41) is 6.04. The number of rotatable bonds is 3. The fourth-order valence-corrected chi connectivity index (χ4v) is 2.26. The first-order chi connectivity index (χ1) is 9.05. The summed E-state index contributed by atoms with van der Waals surface area (Å²) in [6.07, 6.45) is 2.92. The van der Waals surface area contributed by atoms with Crippen LogP contribution in [0.1, 0.15) is 26.2 Å². The summed E-state index contributed by atoms with van der Waals surface area (Å²) in [5.41, 5.74) is -0.0169. The van der Waals surface area contributed by atoms with Gasteiger partial charge < -0.3 is 15.4 Å². The summed E-state index contributed by atoms with van der Waals surface area (Å²) in [7, 11) is 1.40. The van der Waals surface area contributed by atoms with E-state index >= 15 is 0 Å². The number of benzene rings is 1. The highest BCUT2D eigenvalue weighted by Crippen LogP contribution is 2.24. The van der Waals surface area contributed by atoms with Gasteiger partial charge in [0, 0.05) is 11.8 Å². The second-order valence-electron chi connectivity index (χ2n) is 5.02. The van der Waals surface area contributed by atoms with Gasteiger partial charge in [-0.1, -0.05) is 0 Å². The molecule has 2 N–H and O–H groups in total. The van der Waals surface area contributed by atoms with Crippen molar-refractivity contribution in [3.8, 4) is 5.75 Å². The Balaban J connectivity index is 2.10. The van der Waals surface area contributed by atoms with Crippen molar-refractivity contribution in [3.05, 3.63) is 24.0 Å². The molecule has 2 rings (SSSR count). The van der Waals surface area contributed by atoms with E-state index in [1.807, 2.05) is 6.92 Å². The fourth-order valence-electron chi connectivity index (χ4n) is 2.26. The average Bonchev–Trinajstić information content (AvgIpc) is 2.41. The van der Waals surface area contributed by atoms with E-state index < -0.39 is 11.4 Å². The number of nitrogens with one attached hydrogen (secondary N) is 2. The number of piperidine rings is 1. The van der Waals surface area contributed by atoms with E-state index in [2.05, 4.69) is 10.6 Å². The summed E-state index contributed by atoms with van der Waals surface area (Å²) < 4.78 is 18.2. The van der Waals surface area contributed by atoms with Crippen LogP contribution in [0.15, 0.2) is 18.2 Å². The Bertz CT molecular complexity index is 471. The Morgan fingerprint density at radius 2 is 2.26 bits per heavy atom. The van der Waals surface area contributed by atoms with Crippen LogP contribution in [0, 0.1) is 5.82 Å². The Hall–Kier alpha value is -1.62. The predicted molar refractivity (Wildman–Crippen MR) is 71.8 cm³/mol. The van der Waals surface area contributed by atoms with E-state index in [1.165, 1.54) is 25.3 Å². The van der Waals surface area contributed by atoms with Crippen LogP contribution < -0.4 is 15.4 Å². The van der Waals surface area contributed by atoms with Gasteiger partial charge in [0.25, 0.3) is 0 Å². The molecule has 0 radical (unpaired) electrons. The average molecular weight is 266 g/mol. The van der Waals surface area contributed by atoms with Crippen LogP contribution in [0.3, 0.4) is 0 Å². The lowest BCUT2D eigenvalue weighted by molar-refractivity contribution is -0.122.